The number of aromatic amines is 1. The minimum Gasteiger partial charge on any atom is -0.415 e. The zero-order chi connectivity index (χ0) is 10.8. The Bertz CT molecular complexity index is 569. The van der Waals surface area contributed by atoms with E-state index in [2.05, 4.69) is 15.2 Å². The third kappa shape index (κ3) is 1.50. The van der Waals surface area contributed by atoms with E-state index in [0.717, 1.165) is 11.3 Å². The van der Waals surface area contributed by atoms with Crippen molar-refractivity contribution in [2.75, 3.05) is 0 Å². The van der Waals surface area contributed by atoms with Crippen LogP contribution in [0.4, 0.5) is 0 Å². The molecule has 0 atom stereocenters. The fraction of sp³-hybridized carbons (Fsp3) is 0. The summed E-state index contributed by atoms with van der Waals surface area (Å²) < 4.78 is 5.56. The van der Waals surface area contributed by atoms with E-state index in [9.17, 15) is 0 Å². The van der Waals surface area contributed by atoms with Crippen LogP contribution in [-0.4, -0.2) is 15.2 Å². The van der Waals surface area contributed by atoms with Gasteiger partial charge in [-0.05, 0) is 24.3 Å². The van der Waals surface area contributed by atoms with Crippen LogP contribution < -0.4 is 0 Å². The van der Waals surface area contributed by atoms with Gasteiger partial charge in [-0.15, -0.1) is 10.2 Å². The Hall–Kier alpha value is -2.36. The predicted octanol–water partition coefficient (Wildman–Crippen LogP) is 2.73. The number of nitrogens with zero attached hydrogens (tertiary/aromatic N) is 2. The molecule has 0 bridgehead atoms. The molecule has 0 saturated carbocycles. The van der Waals surface area contributed by atoms with E-state index < -0.39 is 0 Å². The summed E-state index contributed by atoms with van der Waals surface area (Å²) in [7, 11) is 0. The van der Waals surface area contributed by atoms with Gasteiger partial charge in [-0.25, -0.2) is 0 Å². The topological polar surface area (TPSA) is 54.7 Å². The molecule has 2 aromatic heterocycles. The lowest BCUT2D eigenvalue weighted by atomic mass is 10.2. The lowest BCUT2D eigenvalue weighted by Crippen LogP contribution is -1.76. The quantitative estimate of drug-likeness (QED) is 0.709. The first kappa shape index (κ1) is 8.91. The van der Waals surface area contributed by atoms with Gasteiger partial charge in [-0.3, -0.25) is 0 Å². The Morgan fingerprint density at radius 2 is 1.69 bits per heavy atom. The minimum atomic E-state index is 0.504. The fourth-order valence-electron chi connectivity index (χ4n) is 1.49. The van der Waals surface area contributed by atoms with Gasteiger partial charge >= 0.3 is 0 Å². The number of hydrogen-bond donors (Lipinski definition) is 1. The number of H-pyrrole nitrogens is 1. The Labute approximate surface area is 92.0 Å². The van der Waals surface area contributed by atoms with Crippen molar-refractivity contribution in [2.45, 2.75) is 0 Å². The summed E-state index contributed by atoms with van der Waals surface area (Å²) in [6.07, 6.45) is 1.82. The van der Waals surface area contributed by atoms with Crippen LogP contribution in [0.15, 0.2) is 53.1 Å². The Balaban J connectivity index is 2.00. The third-order valence-electron chi connectivity index (χ3n) is 2.27. The summed E-state index contributed by atoms with van der Waals surface area (Å²) in [6.45, 7) is 0. The van der Waals surface area contributed by atoms with Crippen molar-refractivity contribution in [3.63, 3.8) is 0 Å². The van der Waals surface area contributed by atoms with E-state index >= 15 is 0 Å². The number of nitrogens with one attached hydrogen (secondary N) is 1. The first-order chi connectivity index (χ1) is 7.93. The van der Waals surface area contributed by atoms with Crippen LogP contribution in [0.3, 0.4) is 0 Å². The molecular formula is C12H9N3O. The standard InChI is InChI=1S/C12H9N3O/c1-2-5-9(6-3-1)11-14-15-12(16-11)10-7-4-8-13-10/h1-8,13H. The van der Waals surface area contributed by atoms with Crippen LogP contribution in [0.1, 0.15) is 0 Å². The molecule has 2 heterocycles. The molecule has 0 saturated heterocycles. The van der Waals surface area contributed by atoms with Crippen molar-refractivity contribution in [1.29, 1.82) is 0 Å². The smallest absolute Gasteiger partial charge is 0.264 e. The van der Waals surface area contributed by atoms with Crippen molar-refractivity contribution in [3.8, 4) is 23.0 Å². The first-order valence-electron chi connectivity index (χ1n) is 4.96. The Kier molecular flexibility index (Phi) is 2.04. The molecule has 1 N–H and O–H groups in total. The number of rotatable bonds is 2. The monoisotopic (exact) mass is 211 g/mol. The summed E-state index contributed by atoms with van der Waals surface area (Å²) >= 11 is 0. The molecular weight excluding hydrogens is 202 g/mol. The second-order valence-corrected chi connectivity index (χ2v) is 3.36. The highest BCUT2D eigenvalue weighted by Crippen LogP contribution is 2.21. The van der Waals surface area contributed by atoms with Crippen molar-refractivity contribution in [1.82, 2.24) is 15.2 Å². The second-order valence-electron chi connectivity index (χ2n) is 3.36. The maximum Gasteiger partial charge on any atom is 0.264 e. The van der Waals surface area contributed by atoms with E-state index in [1.807, 2.05) is 48.7 Å². The van der Waals surface area contributed by atoms with E-state index in [0.29, 0.717) is 11.8 Å². The highest BCUT2D eigenvalue weighted by molar-refractivity contribution is 5.55. The zero-order valence-corrected chi connectivity index (χ0v) is 8.42. The van der Waals surface area contributed by atoms with Crippen LogP contribution in [-0.2, 0) is 0 Å². The van der Waals surface area contributed by atoms with Crippen LogP contribution in [0, 0.1) is 0 Å². The highest BCUT2D eigenvalue weighted by atomic mass is 16.4. The van der Waals surface area contributed by atoms with Crippen LogP contribution in [0.2, 0.25) is 0 Å². The molecule has 0 aliphatic carbocycles. The Morgan fingerprint density at radius 3 is 2.44 bits per heavy atom. The van der Waals surface area contributed by atoms with Gasteiger partial charge in [0.15, 0.2) is 0 Å². The van der Waals surface area contributed by atoms with Crippen LogP contribution in [0.25, 0.3) is 23.0 Å². The van der Waals surface area contributed by atoms with Gasteiger partial charge in [-0.2, -0.15) is 0 Å². The molecule has 0 unspecified atom stereocenters. The molecule has 4 heteroatoms. The zero-order valence-electron chi connectivity index (χ0n) is 8.42. The summed E-state index contributed by atoms with van der Waals surface area (Å²) in [5.74, 6) is 1.04. The van der Waals surface area contributed by atoms with Crippen molar-refractivity contribution >= 4 is 0 Å². The largest absolute Gasteiger partial charge is 0.415 e. The summed E-state index contributed by atoms with van der Waals surface area (Å²) in [5.41, 5.74) is 1.75. The predicted molar refractivity (Wildman–Crippen MR) is 59.5 cm³/mol. The average molecular weight is 211 g/mol. The molecule has 3 rings (SSSR count). The summed E-state index contributed by atoms with van der Waals surface area (Å²) in [6, 6.07) is 13.5. The molecule has 78 valence electrons. The van der Waals surface area contributed by atoms with E-state index in [1.54, 1.807) is 0 Å². The Morgan fingerprint density at radius 1 is 0.875 bits per heavy atom. The molecule has 0 fully saturated rings. The van der Waals surface area contributed by atoms with Gasteiger partial charge in [0.2, 0.25) is 5.89 Å². The number of benzene rings is 1. The molecule has 3 aromatic rings. The maximum absolute atomic E-state index is 5.56. The second kappa shape index (κ2) is 3.66. The van der Waals surface area contributed by atoms with Crippen molar-refractivity contribution in [3.05, 3.63) is 48.7 Å². The van der Waals surface area contributed by atoms with Crippen LogP contribution >= 0.6 is 0 Å². The van der Waals surface area contributed by atoms with E-state index in [4.69, 9.17) is 4.42 Å². The molecule has 0 aliphatic heterocycles. The van der Waals surface area contributed by atoms with Gasteiger partial charge in [0.05, 0.1) is 0 Å². The van der Waals surface area contributed by atoms with E-state index in [-0.39, 0.29) is 0 Å². The SMILES string of the molecule is c1ccc(-c2nnc(-c3ccc[nH]3)o2)cc1. The first-order valence-corrected chi connectivity index (χ1v) is 4.96. The van der Waals surface area contributed by atoms with Gasteiger partial charge in [0.1, 0.15) is 5.69 Å². The van der Waals surface area contributed by atoms with Gasteiger partial charge < -0.3 is 9.40 Å². The number of aromatic nitrogens is 3. The molecule has 0 spiro atoms. The normalized spacial score (nSPS) is 10.5. The van der Waals surface area contributed by atoms with Crippen LogP contribution in [0.5, 0.6) is 0 Å². The van der Waals surface area contributed by atoms with Gasteiger partial charge in [0.25, 0.3) is 5.89 Å². The molecule has 0 radical (unpaired) electrons. The van der Waals surface area contributed by atoms with Crippen molar-refractivity contribution in [2.24, 2.45) is 0 Å². The average Bonchev–Trinajstić information content (AvgIpc) is 3.01. The lowest BCUT2D eigenvalue weighted by Gasteiger charge is -1.91. The minimum absolute atomic E-state index is 0.504. The fourth-order valence-corrected chi connectivity index (χ4v) is 1.49. The maximum atomic E-state index is 5.56. The molecule has 4 nitrogen and oxygen atoms in total. The summed E-state index contributed by atoms with van der Waals surface area (Å²) in [5, 5.41) is 7.99. The van der Waals surface area contributed by atoms with Crippen molar-refractivity contribution < 1.29 is 4.42 Å². The lowest BCUT2D eigenvalue weighted by molar-refractivity contribution is 0.582. The van der Waals surface area contributed by atoms with Gasteiger partial charge in [-0.1, -0.05) is 18.2 Å². The van der Waals surface area contributed by atoms with Gasteiger partial charge in [0, 0.05) is 11.8 Å². The highest BCUT2D eigenvalue weighted by Gasteiger charge is 2.09. The third-order valence-corrected chi connectivity index (χ3v) is 2.27. The molecule has 0 amide bonds. The molecule has 1 aromatic carbocycles. The molecule has 0 aliphatic rings. The molecule has 16 heavy (non-hydrogen) atoms. The number of hydrogen-bond acceptors (Lipinski definition) is 3. The summed E-state index contributed by atoms with van der Waals surface area (Å²) in [4.78, 5) is 3.02. The van der Waals surface area contributed by atoms with E-state index in [1.165, 1.54) is 0 Å².